The molecule has 0 radical (unpaired) electrons. The molecular formula is C20H23N3O. The zero-order valence-corrected chi connectivity index (χ0v) is 14.4. The van der Waals surface area contributed by atoms with E-state index in [2.05, 4.69) is 30.4 Å². The first kappa shape index (κ1) is 16.3. The number of nitriles is 1. The predicted molar refractivity (Wildman–Crippen MR) is 95.5 cm³/mol. The third kappa shape index (κ3) is 3.51. The molecule has 1 aliphatic rings. The molecule has 0 saturated carbocycles. The number of hydrogen-bond donors (Lipinski definition) is 1. The number of hydrogen-bond acceptors (Lipinski definition) is 4. The summed E-state index contributed by atoms with van der Waals surface area (Å²) in [4.78, 5) is 4.71. The van der Waals surface area contributed by atoms with Crippen molar-refractivity contribution in [2.45, 2.75) is 39.0 Å². The van der Waals surface area contributed by atoms with Crippen molar-refractivity contribution in [2.75, 3.05) is 19.0 Å². The maximum absolute atomic E-state index is 9.40. The highest BCUT2D eigenvalue weighted by Crippen LogP contribution is 2.25. The van der Waals surface area contributed by atoms with Crippen LogP contribution in [0.1, 0.15) is 40.8 Å². The Balaban J connectivity index is 1.73. The first-order valence-electron chi connectivity index (χ1n) is 8.51. The Morgan fingerprint density at radius 1 is 1.25 bits per heavy atom. The molecule has 4 nitrogen and oxygen atoms in total. The van der Waals surface area contributed by atoms with Crippen molar-refractivity contribution in [1.82, 2.24) is 4.98 Å². The molecule has 1 heterocycles. The number of ether oxygens (including phenoxy) is 1. The van der Waals surface area contributed by atoms with E-state index >= 15 is 0 Å². The highest BCUT2D eigenvalue weighted by Gasteiger charge is 2.15. The molecule has 0 spiro atoms. The number of anilines is 1. The summed E-state index contributed by atoms with van der Waals surface area (Å²) in [6.07, 6.45) is 5.26. The molecule has 124 valence electrons. The molecule has 1 aliphatic carbocycles. The first-order valence-corrected chi connectivity index (χ1v) is 8.51. The lowest BCUT2D eigenvalue weighted by Crippen LogP contribution is -2.13. The van der Waals surface area contributed by atoms with E-state index in [1.54, 1.807) is 7.11 Å². The van der Waals surface area contributed by atoms with Crippen LogP contribution in [-0.2, 0) is 19.3 Å². The second kappa shape index (κ2) is 7.35. The van der Waals surface area contributed by atoms with Crippen LogP contribution in [-0.4, -0.2) is 18.6 Å². The van der Waals surface area contributed by atoms with Crippen molar-refractivity contribution >= 4 is 5.82 Å². The van der Waals surface area contributed by atoms with Gasteiger partial charge in [0.1, 0.15) is 17.6 Å². The van der Waals surface area contributed by atoms with E-state index in [9.17, 15) is 5.26 Å². The van der Waals surface area contributed by atoms with Gasteiger partial charge in [-0.05, 0) is 62.3 Å². The van der Waals surface area contributed by atoms with Crippen LogP contribution in [0.4, 0.5) is 5.82 Å². The van der Waals surface area contributed by atoms with E-state index in [1.165, 1.54) is 29.5 Å². The Hall–Kier alpha value is -2.54. The Bertz CT molecular complexity index is 777. The predicted octanol–water partition coefficient (Wildman–Crippen LogP) is 3.80. The van der Waals surface area contributed by atoms with Gasteiger partial charge in [-0.15, -0.1) is 0 Å². The van der Waals surface area contributed by atoms with Crippen LogP contribution in [0.3, 0.4) is 0 Å². The highest BCUT2D eigenvalue weighted by molar-refractivity contribution is 5.55. The van der Waals surface area contributed by atoms with Crippen molar-refractivity contribution in [1.29, 1.82) is 5.26 Å². The van der Waals surface area contributed by atoms with Crippen molar-refractivity contribution in [3.63, 3.8) is 0 Å². The molecule has 1 aromatic carbocycles. The van der Waals surface area contributed by atoms with Gasteiger partial charge in [-0.3, -0.25) is 0 Å². The third-order valence-corrected chi connectivity index (χ3v) is 4.54. The van der Waals surface area contributed by atoms with Gasteiger partial charge in [-0.1, -0.05) is 17.7 Å². The molecular weight excluding hydrogens is 298 g/mol. The van der Waals surface area contributed by atoms with Gasteiger partial charge in [0.15, 0.2) is 0 Å². The molecule has 0 amide bonds. The van der Waals surface area contributed by atoms with Crippen LogP contribution in [0.2, 0.25) is 0 Å². The Morgan fingerprint density at radius 3 is 2.88 bits per heavy atom. The Kier molecular flexibility index (Phi) is 5.00. The fourth-order valence-electron chi connectivity index (χ4n) is 3.27. The number of nitrogens with one attached hydrogen (secondary N) is 1. The van der Waals surface area contributed by atoms with Crippen molar-refractivity contribution in [3.8, 4) is 11.8 Å². The molecule has 0 saturated heterocycles. The number of aromatic nitrogens is 1. The number of pyridine rings is 1. The second-order valence-electron chi connectivity index (χ2n) is 6.30. The van der Waals surface area contributed by atoms with E-state index < -0.39 is 0 Å². The number of rotatable bonds is 5. The number of methoxy groups -OCH3 is 1. The molecule has 0 aliphatic heterocycles. The zero-order valence-electron chi connectivity index (χ0n) is 14.4. The normalized spacial score (nSPS) is 13.0. The van der Waals surface area contributed by atoms with Gasteiger partial charge < -0.3 is 10.1 Å². The molecule has 2 aromatic rings. The summed E-state index contributed by atoms with van der Waals surface area (Å²) in [5.41, 5.74) is 5.42. The molecule has 0 atom stereocenters. The Labute approximate surface area is 143 Å². The van der Waals surface area contributed by atoms with Crippen molar-refractivity contribution in [2.24, 2.45) is 0 Å². The lowest BCUT2D eigenvalue weighted by Gasteiger charge is -2.17. The average Bonchev–Trinajstić information content (AvgIpc) is 2.61. The summed E-state index contributed by atoms with van der Waals surface area (Å²) in [7, 11) is 1.69. The highest BCUT2D eigenvalue weighted by atomic mass is 16.5. The summed E-state index contributed by atoms with van der Waals surface area (Å²) >= 11 is 0. The van der Waals surface area contributed by atoms with E-state index in [1.807, 2.05) is 12.1 Å². The fraction of sp³-hybridized carbons (Fsp3) is 0.400. The number of aryl methyl sites for hydroxylation is 3. The van der Waals surface area contributed by atoms with Crippen LogP contribution in [0, 0.1) is 18.3 Å². The van der Waals surface area contributed by atoms with Gasteiger partial charge in [0.25, 0.3) is 0 Å². The standard InChI is InChI=1S/C20H23N3O/c1-14-7-8-19(24-2)16(11-14)9-10-22-20-17(13-21)12-15-5-3-4-6-18(15)23-20/h7-8,11-12H,3-6,9-10H2,1-2H3,(H,22,23). The average molecular weight is 321 g/mol. The zero-order chi connectivity index (χ0) is 16.9. The Morgan fingerprint density at radius 2 is 2.08 bits per heavy atom. The van der Waals surface area contributed by atoms with E-state index in [0.29, 0.717) is 11.4 Å². The summed E-state index contributed by atoms with van der Waals surface area (Å²) in [6.45, 7) is 2.80. The molecule has 0 unspecified atom stereocenters. The first-order chi connectivity index (χ1) is 11.7. The smallest absolute Gasteiger partial charge is 0.144 e. The van der Waals surface area contributed by atoms with Crippen LogP contribution in [0.15, 0.2) is 24.3 Å². The van der Waals surface area contributed by atoms with Gasteiger partial charge in [0.05, 0.1) is 12.7 Å². The fourth-order valence-corrected chi connectivity index (χ4v) is 3.27. The van der Waals surface area contributed by atoms with Gasteiger partial charge in [0.2, 0.25) is 0 Å². The van der Waals surface area contributed by atoms with Gasteiger partial charge in [-0.25, -0.2) is 4.98 Å². The number of fused-ring (bicyclic) bond motifs is 1. The topological polar surface area (TPSA) is 57.9 Å². The summed E-state index contributed by atoms with van der Waals surface area (Å²) in [5, 5.41) is 12.7. The molecule has 1 aromatic heterocycles. The number of nitrogens with zero attached hydrogens (tertiary/aromatic N) is 2. The van der Waals surface area contributed by atoms with Crippen molar-refractivity contribution < 1.29 is 4.74 Å². The SMILES string of the molecule is COc1ccc(C)cc1CCNc1nc2c(cc1C#N)CCCC2. The lowest BCUT2D eigenvalue weighted by molar-refractivity contribution is 0.410. The molecule has 4 heteroatoms. The molecule has 1 N–H and O–H groups in total. The maximum Gasteiger partial charge on any atom is 0.144 e. The third-order valence-electron chi connectivity index (χ3n) is 4.54. The lowest BCUT2D eigenvalue weighted by atomic mass is 9.95. The van der Waals surface area contributed by atoms with Crippen LogP contribution in [0.5, 0.6) is 5.75 Å². The second-order valence-corrected chi connectivity index (χ2v) is 6.30. The van der Waals surface area contributed by atoms with Gasteiger partial charge in [0, 0.05) is 12.2 Å². The molecule has 24 heavy (non-hydrogen) atoms. The molecule has 3 rings (SSSR count). The minimum atomic E-state index is 0.645. The minimum absolute atomic E-state index is 0.645. The summed E-state index contributed by atoms with van der Waals surface area (Å²) in [5.74, 6) is 1.62. The maximum atomic E-state index is 9.40. The van der Waals surface area contributed by atoms with Crippen LogP contribution in [0.25, 0.3) is 0 Å². The van der Waals surface area contributed by atoms with Gasteiger partial charge in [-0.2, -0.15) is 5.26 Å². The van der Waals surface area contributed by atoms with Gasteiger partial charge >= 0.3 is 0 Å². The summed E-state index contributed by atoms with van der Waals surface area (Å²) < 4.78 is 5.43. The van der Waals surface area contributed by atoms with Crippen molar-refractivity contribution in [3.05, 3.63) is 52.2 Å². The van der Waals surface area contributed by atoms with E-state index in [4.69, 9.17) is 9.72 Å². The minimum Gasteiger partial charge on any atom is -0.496 e. The number of benzene rings is 1. The van der Waals surface area contributed by atoms with E-state index in [-0.39, 0.29) is 0 Å². The molecule has 0 fully saturated rings. The molecule has 0 bridgehead atoms. The largest absolute Gasteiger partial charge is 0.496 e. The van der Waals surface area contributed by atoms with Crippen LogP contribution >= 0.6 is 0 Å². The summed E-state index contributed by atoms with van der Waals surface area (Å²) in [6, 6.07) is 10.5. The van der Waals surface area contributed by atoms with E-state index in [0.717, 1.165) is 37.3 Å². The monoisotopic (exact) mass is 321 g/mol. The van der Waals surface area contributed by atoms with Crippen LogP contribution < -0.4 is 10.1 Å². The quantitative estimate of drug-likeness (QED) is 0.910.